The van der Waals surface area contributed by atoms with E-state index < -0.39 is 17.3 Å². The second-order valence-corrected chi connectivity index (χ2v) is 9.89. The zero-order chi connectivity index (χ0) is 25.6. The van der Waals surface area contributed by atoms with Crippen LogP contribution in [0.2, 0.25) is 0 Å². The van der Waals surface area contributed by atoms with E-state index in [0.717, 1.165) is 25.7 Å². The summed E-state index contributed by atoms with van der Waals surface area (Å²) in [6.45, 7) is 3.98. The molecule has 2 aliphatic rings. The second kappa shape index (κ2) is 9.48. The van der Waals surface area contributed by atoms with Crippen molar-refractivity contribution in [3.8, 4) is 0 Å². The average molecular weight is 494 g/mol. The van der Waals surface area contributed by atoms with E-state index in [1.54, 1.807) is 30.0 Å². The molecule has 1 N–H and O–H groups in total. The average Bonchev–Trinajstić information content (AvgIpc) is 3.56. The van der Waals surface area contributed by atoms with Crippen LogP contribution >= 0.6 is 0 Å². The van der Waals surface area contributed by atoms with Gasteiger partial charge in [-0.05, 0) is 62.3 Å². The van der Waals surface area contributed by atoms with Gasteiger partial charge in [0.15, 0.2) is 0 Å². The first-order valence-corrected chi connectivity index (χ1v) is 12.4. The van der Waals surface area contributed by atoms with Gasteiger partial charge in [0.25, 0.3) is 11.5 Å². The Balaban J connectivity index is 1.59. The highest BCUT2D eigenvalue weighted by Gasteiger charge is 2.35. The van der Waals surface area contributed by atoms with Gasteiger partial charge >= 0.3 is 0 Å². The van der Waals surface area contributed by atoms with Crippen LogP contribution in [0.1, 0.15) is 60.3 Å². The summed E-state index contributed by atoms with van der Waals surface area (Å²) >= 11 is 0. The number of hydrogen-bond acceptors (Lipinski definition) is 3. The van der Waals surface area contributed by atoms with Crippen molar-refractivity contribution >= 4 is 22.6 Å². The topological polar surface area (TPSA) is 71.4 Å². The van der Waals surface area contributed by atoms with Gasteiger partial charge in [-0.25, -0.2) is 8.78 Å². The number of nitrogens with zero attached hydrogens (tertiary/aromatic N) is 2. The maximum Gasteiger partial charge on any atom is 0.261 e. The number of fused-ring (bicyclic) bond motifs is 1. The van der Waals surface area contributed by atoms with Gasteiger partial charge in [0.1, 0.15) is 11.6 Å². The number of carbonyl (C=O) groups is 2. The van der Waals surface area contributed by atoms with Gasteiger partial charge in [-0.15, -0.1) is 0 Å². The van der Waals surface area contributed by atoms with Crippen LogP contribution in [0.4, 0.5) is 8.78 Å². The molecule has 3 aromatic rings. The molecule has 1 aliphatic heterocycles. The number of likely N-dealkylation sites (tertiary alicyclic amines) is 1. The van der Waals surface area contributed by atoms with E-state index in [-0.39, 0.29) is 52.6 Å². The molecular weight excluding hydrogens is 464 g/mol. The summed E-state index contributed by atoms with van der Waals surface area (Å²) in [6, 6.07) is 9.87. The predicted molar refractivity (Wildman–Crippen MR) is 133 cm³/mol. The Morgan fingerprint density at radius 2 is 1.86 bits per heavy atom. The molecule has 36 heavy (non-hydrogen) atoms. The third kappa shape index (κ3) is 4.40. The number of rotatable bonds is 6. The largest absolute Gasteiger partial charge is 0.345 e. The third-order valence-corrected chi connectivity index (χ3v) is 7.50. The molecule has 2 fully saturated rings. The maximum atomic E-state index is 15.0. The minimum absolute atomic E-state index is 0.0736. The number of nitrogens with one attached hydrogen (secondary N) is 1. The van der Waals surface area contributed by atoms with Crippen molar-refractivity contribution in [2.24, 2.45) is 5.92 Å². The van der Waals surface area contributed by atoms with Gasteiger partial charge in [0.05, 0.1) is 17.0 Å². The lowest BCUT2D eigenvalue weighted by atomic mass is 9.99. The molecule has 5 rings (SSSR count). The Morgan fingerprint density at radius 3 is 2.56 bits per heavy atom. The normalized spacial score (nSPS) is 18.4. The molecule has 1 saturated carbocycles. The Kier molecular flexibility index (Phi) is 6.36. The summed E-state index contributed by atoms with van der Waals surface area (Å²) in [5.41, 5.74) is 0.796. The van der Waals surface area contributed by atoms with Crippen LogP contribution in [0.15, 0.2) is 47.3 Å². The number of hydrogen-bond donors (Lipinski definition) is 1. The Bertz CT molecular complexity index is 1410. The summed E-state index contributed by atoms with van der Waals surface area (Å²) in [6.07, 6.45) is 3.38. The highest BCUT2D eigenvalue weighted by Crippen LogP contribution is 2.41. The van der Waals surface area contributed by atoms with Crippen molar-refractivity contribution in [2.75, 3.05) is 6.54 Å². The summed E-state index contributed by atoms with van der Waals surface area (Å²) < 4.78 is 30.4. The first-order chi connectivity index (χ1) is 17.3. The van der Waals surface area contributed by atoms with Crippen molar-refractivity contribution in [3.05, 3.63) is 81.3 Å². The number of amides is 2. The molecule has 6 nitrogen and oxygen atoms in total. The lowest BCUT2D eigenvalue weighted by molar-refractivity contribution is -0.129. The standard InChI is InChI=1S/C28H29F2N3O3/c1-16-24(27(35)31-26(18-11-12-18)19-6-3-7-20(29)14-19)22-9-4-10-23(30)25(22)28(36)33(16)15-21-8-5-13-32(21)17(2)34/h3-4,6-7,9-10,14,18,21,26H,5,8,11-13,15H2,1-2H3,(H,31,35)/t21-,26-/m0/s1. The lowest BCUT2D eigenvalue weighted by Gasteiger charge is -2.26. The molecule has 0 unspecified atom stereocenters. The molecule has 1 saturated heterocycles. The van der Waals surface area contributed by atoms with Crippen LogP contribution in [0, 0.1) is 24.5 Å². The van der Waals surface area contributed by atoms with Crippen LogP contribution in [-0.2, 0) is 11.3 Å². The summed E-state index contributed by atoms with van der Waals surface area (Å²) in [5.74, 6) is -1.40. The van der Waals surface area contributed by atoms with Crippen LogP contribution < -0.4 is 10.9 Å². The first kappa shape index (κ1) is 24.2. The third-order valence-electron chi connectivity index (χ3n) is 7.50. The predicted octanol–water partition coefficient (Wildman–Crippen LogP) is 4.48. The first-order valence-electron chi connectivity index (χ1n) is 12.4. The molecule has 2 heterocycles. The van der Waals surface area contributed by atoms with Crippen molar-refractivity contribution in [2.45, 2.75) is 58.2 Å². The monoisotopic (exact) mass is 493 g/mol. The number of aromatic nitrogens is 1. The van der Waals surface area contributed by atoms with E-state index in [0.29, 0.717) is 17.8 Å². The number of benzene rings is 2. The highest BCUT2D eigenvalue weighted by molar-refractivity contribution is 6.08. The van der Waals surface area contributed by atoms with E-state index in [4.69, 9.17) is 0 Å². The van der Waals surface area contributed by atoms with Gasteiger partial charge in [0.2, 0.25) is 5.91 Å². The van der Waals surface area contributed by atoms with E-state index in [1.165, 1.54) is 35.8 Å². The summed E-state index contributed by atoms with van der Waals surface area (Å²) in [4.78, 5) is 41.0. The number of pyridine rings is 1. The van der Waals surface area contributed by atoms with Gasteiger partial charge in [-0.2, -0.15) is 0 Å². The van der Waals surface area contributed by atoms with Crippen molar-refractivity contribution in [1.82, 2.24) is 14.8 Å². The fraction of sp³-hybridized carbons (Fsp3) is 0.393. The van der Waals surface area contributed by atoms with Crippen molar-refractivity contribution in [1.29, 1.82) is 0 Å². The second-order valence-electron chi connectivity index (χ2n) is 9.89. The van der Waals surface area contributed by atoms with Gasteiger partial charge in [-0.1, -0.05) is 24.3 Å². The molecule has 8 heteroatoms. The molecule has 188 valence electrons. The van der Waals surface area contributed by atoms with Crippen LogP contribution in [0.3, 0.4) is 0 Å². The molecule has 2 amide bonds. The molecular formula is C28H29F2N3O3. The lowest BCUT2D eigenvalue weighted by Crippen LogP contribution is -2.40. The zero-order valence-corrected chi connectivity index (χ0v) is 20.4. The van der Waals surface area contributed by atoms with E-state index in [2.05, 4.69) is 5.32 Å². The minimum atomic E-state index is -0.695. The number of carbonyl (C=O) groups excluding carboxylic acids is 2. The van der Waals surface area contributed by atoms with Crippen LogP contribution in [0.25, 0.3) is 10.8 Å². The smallest absolute Gasteiger partial charge is 0.261 e. The minimum Gasteiger partial charge on any atom is -0.345 e. The van der Waals surface area contributed by atoms with Crippen LogP contribution in [0.5, 0.6) is 0 Å². The maximum absolute atomic E-state index is 15.0. The Morgan fingerprint density at radius 1 is 1.11 bits per heavy atom. The molecule has 1 aliphatic carbocycles. The SMILES string of the molecule is CC(=O)N1CCC[C@H]1Cn1c(C)c(C(=O)N[C@H](c2cccc(F)c2)C2CC2)c2cccc(F)c2c1=O. The van der Waals surface area contributed by atoms with Crippen LogP contribution in [-0.4, -0.2) is 33.9 Å². The zero-order valence-electron chi connectivity index (χ0n) is 20.4. The highest BCUT2D eigenvalue weighted by atomic mass is 19.1. The fourth-order valence-corrected chi connectivity index (χ4v) is 5.54. The fourth-order valence-electron chi connectivity index (χ4n) is 5.54. The molecule has 0 radical (unpaired) electrons. The van der Waals surface area contributed by atoms with E-state index >= 15 is 0 Å². The van der Waals surface area contributed by atoms with Gasteiger partial charge in [-0.3, -0.25) is 14.4 Å². The van der Waals surface area contributed by atoms with E-state index in [9.17, 15) is 23.2 Å². The molecule has 1 aromatic heterocycles. The Labute approximate surface area is 207 Å². The molecule has 2 aromatic carbocycles. The molecule has 0 spiro atoms. The molecule has 0 bridgehead atoms. The molecule has 2 atom stereocenters. The summed E-state index contributed by atoms with van der Waals surface area (Å²) in [7, 11) is 0. The number of halogens is 2. The van der Waals surface area contributed by atoms with Gasteiger partial charge < -0.3 is 14.8 Å². The van der Waals surface area contributed by atoms with Gasteiger partial charge in [0, 0.05) is 37.1 Å². The van der Waals surface area contributed by atoms with Crippen molar-refractivity contribution in [3.63, 3.8) is 0 Å². The Hall–Kier alpha value is -3.55. The van der Waals surface area contributed by atoms with Crippen molar-refractivity contribution < 1.29 is 18.4 Å². The van der Waals surface area contributed by atoms with E-state index in [1.807, 2.05) is 0 Å². The quantitative estimate of drug-likeness (QED) is 0.551. The summed E-state index contributed by atoms with van der Waals surface area (Å²) in [5, 5.41) is 3.15.